The van der Waals surface area contributed by atoms with Gasteiger partial charge in [0, 0.05) is 6.04 Å². The zero-order valence-electron chi connectivity index (χ0n) is 9.47. The summed E-state index contributed by atoms with van der Waals surface area (Å²) in [6.45, 7) is 8.04. The largest absolute Gasteiger partial charge is 0.314 e. The average Bonchev–Trinajstić information content (AvgIpc) is 2.88. The highest BCUT2D eigenvalue weighted by atomic mass is 14.9. The summed E-state index contributed by atoms with van der Waals surface area (Å²) < 4.78 is 0. The van der Waals surface area contributed by atoms with Crippen molar-refractivity contribution in [1.29, 1.82) is 0 Å². The van der Waals surface area contributed by atoms with Crippen LogP contribution in [0.3, 0.4) is 0 Å². The van der Waals surface area contributed by atoms with Crippen LogP contribution < -0.4 is 5.32 Å². The van der Waals surface area contributed by atoms with E-state index in [4.69, 9.17) is 0 Å². The smallest absolute Gasteiger partial charge is 0.00952 e. The van der Waals surface area contributed by atoms with Crippen LogP contribution in [-0.2, 0) is 0 Å². The third-order valence-corrected chi connectivity index (χ3v) is 3.18. The van der Waals surface area contributed by atoms with Crippen molar-refractivity contribution in [3.8, 4) is 0 Å². The maximum atomic E-state index is 3.64. The lowest BCUT2D eigenvalue weighted by Gasteiger charge is -2.24. The average molecular weight is 183 g/mol. The van der Waals surface area contributed by atoms with E-state index in [2.05, 4.69) is 26.1 Å². The van der Waals surface area contributed by atoms with Gasteiger partial charge in [0.05, 0.1) is 0 Å². The molecule has 1 heteroatoms. The Labute approximate surface area is 83.3 Å². The van der Waals surface area contributed by atoms with E-state index in [0.29, 0.717) is 0 Å². The molecule has 2 atom stereocenters. The van der Waals surface area contributed by atoms with Crippen molar-refractivity contribution >= 4 is 0 Å². The van der Waals surface area contributed by atoms with Crippen molar-refractivity contribution in [3.05, 3.63) is 0 Å². The minimum absolute atomic E-state index is 0.789. The summed E-state index contributed by atoms with van der Waals surface area (Å²) in [7, 11) is 0. The van der Waals surface area contributed by atoms with Crippen LogP contribution >= 0.6 is 0 Å². The fraction of sp³-hybridized carbons (Fsp3) is 1.00. The van der Waals surface area contributed by atoms with E-state index in [1.54, 1.807) is 0 Å². The van der Waals surface area contributed by atoms with Gasteiger partial charge in [-0.25, -0.2) is 0 Å². The molecular weight excluding hydrogens is 158 g/mol. The van der Waals surface area contributed by atoms with Crippen LogP contribution in [0.25, 0.3) is 0 Å². The standard InChI is InChI=1S/C12H25N/c1-4-6-10(3)12(13-5-2)9-11-7-8-11/h10-13H,4-9H2,1-3H3. The fourth-order valence-corrected chi connectivity index (χ4v) is 2.15. The third kappa shape index (κ3) is 4.12. The zero-order valence-corrected chi connectivity index (χ0v) is 9.47. The first-order valence-corrected chi connectivity index (χ1v) is 6.01. The minimum Gasteiger partial charge on any atom is -0.314 e. The highest BCUT2D eigenvalue weighted by Gasteiger charge is 2.27. The van der Waals surface area contributed by atoms with Gasteiger partial charge < -0.3 is 5.32 Å². The highest BCUT2D eigenvalue weighted by Crippen LogP contribution is 2.35. The number of rotatable bonds is 7. The first kappa shape index (κ1) is 11.0. The van der Waals surface area contributed by atoms with Crippen LogP contribution in [0, 0.1) is 11.8 Å². The Bertz CT molecular complexity index is 129. The van der Waals surface area contributed by atoms with E-state index < -0.39 is 0 Å². The molecule has 0 heterocycles. The van der Waals surface area contributed by atoms with Crippen LogP contribution in [0.5, 0.6) is 0 Å². The maximum absolute atomic E-state index is 3.64. The molecule has 1 nitrogen and oxygen atoms in total. The Hall–Kier alpha value is -0.0400. The minimum atomic E-state index is 0.789. The Morgan fingerprint density at radius 3 is 2.46 bits per heavy atom. The van der Waals surface area contributed by atoms with Gasteiger partial charge in [-0.1, -0.05) is 40.0 Å². The van der Waals surface area contributed by atoms with Gasteiger partial charge in [0.2, 0.25) is 0 Å². The van der Waals surface area contributed by atoms with Crippen molar-refractivity contribution in [2.24, 2.45) is 11.8 Å². The number of hydrogen-bond donors (Lipinski definition) is 1. The number of nitrogens with one attached hydrogen (secondary N) is 1. The molecule has 1 saturated carbocycles. The summed E-state index contributed by atoms with van der Waals surface area (Å²) >= 11 is 0. The van der Waals surface area contributed by atoms with Crippen molar-refractivity contribution in [3.63, 3.8) is 0 Å². The zero-order chi connectivity index (χ0) is 9.68. The van der Waals surface area contributed by atoms with Crippen molar-refractivity contribution in [2.45, 2.75) is 58.9 Å². The summed E-state index contributed by atoms with van der Waals surface area (Å²) in [5.41, 5.74) is 0. The van der Waals surface area contributed by atoms with Gasteiger partial charge in [0.1, 0.15) is 0 Å². The normalized spacial score (nSPS) is 21.5. The second-order valence-corrected chi connectivity index (χ2v) is 4.61. The fourth-order valence-electron chi connectivity index (χ4n) is 2.15. The van der Waals surface area contributed by atoms with Crippen LogP contribution in [0.1, 0.15) is 52.9 Å². The lowest BCUT2D eigenvalue weighted by atomic mass is 9.92. The lowest BCUT2D eigenvalue weighted by Crippen LogP contribution is -2.35. The molecule has 1 fully saturated rings. The quantitative estimate of drug-likeness (QED) is 0.639. The first-order chi connectivity index (χ1) is 6.27. The van der Waals surface area contributed by atoms with Gasteiger partial charge in [0.25, 0.3) is 0 Å². The summed E-state index contributed by atoms with van der Waals surface area (Å²) in [4.78, 5) is 0. The molecule has 0 radical (unpaired) electrons. The topological polar surface area (TPSA) is 12.0 Å². The van der Waals surface area contributed by atoms with Gasteiger partial charge in [-0.2, -0.15) is 0 Å². The Kier molecular flexibility index (Phi) is 4.79. The molecule has 0 saturated heterocycles. The summed E-state index contributed by atoms with van der Waals surface area (Å²) in [6, 6.07) is 0.789. The monoisotopic (exact) mass is 183 g/mol. The van der Waals surface area contributed by atoms with Crippen LogP contribution in [0.2, 0.25) is 0 Å². The van der Waals surface area contributed by atoms with E-state index in [9.17, 15) is 0 Å². The van der Waals surface area contributed by atoms with E-state index in [1.807, 2.05) is 0 Å². The molecule has 1 N–H and O–H groups in total. The van der Waals surface area contributed by atoms with Gasteiger partial charge in [-0.3, -0.25) is 0 Å². The van der Waals surface area contributed by atoms with Crippen LogP contribution in [0.15, 0.2) is 0 Å². The van der Waals surface area contributed by atoms with E-state index in [-0.39, 0.29) is 0 Å². The van der Waals surface area contributed by atoms with Crippen molar-refractivity contribution < 1.29 is 0 Å². The lowest BCUT2D eigenvalue weighted by molar-refractivity contribution is 0.330. The molecule has 0 aromatic rings. The van der Waals surface area contributed by atoms with Crippen molar-refractivity contribution in [1.82, 2.24) is 5.32 Å². The molecule has 0 bridgehead atoms. The maximum Gasteiger partial charge on any atom is 0.00952 e. The van der Waals surface area contributed by atoms with Gasteiger partial charge in [0.15, 0.2) is 0 Å². The Morgan fingerprint density at radius 1 is 1.31 bits per heavy atom. The molecule has 1 aliphatic rings. The molecule has 0 aliphatic heterocycles. The van der Waals surface area contributed by atoms with E-state index >= 15 is 0 Å². The van der Waals surface area contributed by atoms with Crippen LogP contribution in [-0.4, -0.2) is 12.6 Å². The Balaban J connectivity index is 2.25. The molecule has 78 valence electrons. The van der Waals surface area contributed by atoms with Crippen LogP contribution in [0.4, 0.5) is 0 Å². The second-order valence-electron chi connectivity index (χ2n) is 4.61. The molecule has 1 rings (SSSR count). The SMILES string of the molecule is CCCC(C)C(CC1CC1)NCC. The molecule has 2 unspecified atom stereocenters. The Morgan fingerprint density at radius 2 is 2.00 bits per heavy atom. The predicted molar refractivity (Wildman–Crippen MR) is 58.9 cm³/mol. The molecule has 13 heavy (non-hydrogen) atoms. The first-order valence-electron chi connectivity index (χ1n) is 6.01. The molecule has 0 aromatic heterocycles. The second kappa shape index (κ2) is 5.64. The number of hydrogen-bond acceptors (Lipinski definition) is 1. The molecule has 1 aliphatic carbocycles. The van der Waals surface area contributed by atoms with Gasteiger partial charge >= 0.3 is 0 Å². The molecule has 0 aromatic carbocycles. The van der Waals surface area contributed by atoms with E-state index in [1.165, 1.54) is 32.1 Å². The van der Waals surface area contributed by atoms with Gasteiger partial charge in [-0.15, -0.1) is 0 Å². The summed E-state index contributed by atoms with van der Waals surface area (Å²) in [5, 5.41) is 3.64. The summed E-state index contributed by atoms with van der Waals surface area (Å²) in [6.07, 6.45) is 7.11. The predicted octanol–water partition coefficient (Wildman–Crippen LogP) is 3.20. The van der Waals surface area contributed by atoms with E-state index in [0.717, 1.165) is 24.4 Å². The van der Waals surface area contributed by atoms with Crippen molar-refractivity contribution in [2.75, 3.05) is 6.54 Å². The summed E-state index contributed by atoms with van der Waals surface area (Å²) in [5.74, 6) is 1.92. The molecule has 0 spiro atoms. The highest BCUT2D eigenvalue weighted by molar-refractivity contribution is 4.82. The molecular formula is C12H25N. The third-order valence-electron chi connectivity index (χ3n) is 3.18. The molecule has 0 amide bonds. The van der Waals surface area contributed by atoms with Gasteiger partial charge in [-0.05, 0) is 31.2 Å².